The van der Waals surface area contributed by atoms with Gasteiger partial charge in [0.25, 0.3) is 0 Å². The molecule has 0 spiro atoms. The van der Waals surface area contributed by atoms with Gasteiger partial charge in [0, 0.05) is 28.0 Å². The Morgan fingerprint density at radius 2 is 1.86 bits per heavy atom. The minimum atomic E-state index is -4.56. The highest BCUT2D eigenvalue weighted by Gasteiger charge is 2.38. The molecule has 1 aliphatic carbocycles. The Labute approximate surface area is 226 Å². The van der Waals surface area contributed by atoms with Crippen molar-refractivity contribution >= 4 is 41.7 Å². The van der Waals surface area contributed by atoms with Crippen LogP contribution in [0.5, 0.6) is 0 Å². The second-order valence-corrected chi connectivity index (χ2v) is 16.8. The molecule has 2 aromatic rings. The summed E-state index contributed by atoms with van der Waals surface area (Å²) >= 11 is 3.16. The van der Waals surface area contributed by atoms with Gasteiger partial charge in [-0.2, -0.15) is 23.4 Å². The third kappa shape index (κ3) is 7.24. The number of nitriles is 1. The molecule has 1 heterocycles. The van der Waals surface area contributed by atoms with Crippen LogP contribution in [0.3, 0.4) is 0 Å². The zero-order valence-electron chi connectivity index (χ0n) is 22.2. The Bertz CT molecular complexity index is 1160. The summed E-state index contributed by atoms with van der Waals surface area (Å²) < 4.78 is 47.9. The number of halogens is 4. The first-order valence-corrected chi connectivity index (χ1v) is 16.1. The highest BCUT2D eigenvalue weighted by Crippen LogP contribution is 2.41. The van der Waals surface area contributed by atoms with Gasteiger partial charge in [0.1, 0.15) is 5.82 Å². The molecule has 37 heavy (non-hydrogen) atoms. The summed E-state index contributed by atoms with van der Waals surface area (Å²) in [6.07, 6.45) is 0.817. The molecule has 1 aliphatic rings. The summed E-state index contributed by atoms with van der Waals surface area (Å²) in [6.45, 7) is 12.3. The van der Waals surface area contributed by atoms with E-state index in [1.54, 1.807) is 12.3 Å². The maximum Gasteiger partial charge on any atom is 0.417 e. The first-order chi connectivity index (χ1) is 17.1. The average molecular weight is 599 g/mol. The largest absolute Gasteiger partial charge is 0.417 e. The fourth-order valence-electron chi connectivity index (χ4n) is 3.95. The molecule has 1 fully saturated rings. The number of hydrogen-bond donors (Lipinski definition) is 2. The molecule has 6 nitrogen and oxygen atoms in total. The van der Waals surface area contributed by atoms with Crippen molar-refractivity contribution in [2.75, 3.05) is 10.6 Å². The molecule has 1 saturated carbocycles. The molecule has 0 radical (unpaired) electrons. The lowest BCUT2D eigenvalue weighted by Gasteiger charge is -2.36. The minimum Gasteiger partial charge on any atom is -0.413 e. The molecule has 202 valence electrons. The molecule has 1 aromatic heterocycles. The van der Waals surface area contributed by atoms with E-state index in [0.29, 0.717) is 11.4 Å². The summed E-state index contributed by atoms with van der Waals surface area (Å²) in [7, 11) is -2.19. The van der Waals surface area contributed by atoms with Gasteiger partial charge in [-0.25, -0.2) is 4.98 Å². The summed E-state index contributed by atoms with van der Waals surface area (Å²) in [5, 5.41) is 15.7. The normalized spacial score (nSPS) is 18.8. The smallest absolute Gasteiger partial charge is 0.413 e. The molecular formula is C26H35BrF3N5OSi. The van der Waals surface area contributed by atoms with E-state index >= 15 is 0 Å². The second-order valence-electron chi connectivity index (χ2n) is 11.2. The van der Waals surface area contributed by atoms with E-state index in [1.807, 2.05) is 6.92 Å². The lowest BCUT2D eigenvalue weighted by atomic mass is 9.85. The monoisotopic (exact) mass is 597 g/mol. The zero-order chi connectivity index (χ0) is 27.6. The van der Waals surface area contributed by atoms with Gasteiger partial charge >= 0.3 is 6.18 Å². The summed E-state index contributed by atoms with van der Waals surface area (Å²) in [5.74, 6) is 0.632. The Morgan fingerprint density at radius 3 is 2.49 bits per heavy atom. The molecular weight excluding hydrogens is 563 g/mol. The van der Waals surface area contributed by atoms with Gasteiger partial charge in [-0.1, -0.05) is 33.6 Å². The number of benzene rings is 1. The lowest BCUT2D eigenvalue weighted by molar-refractivity contribution is -0.138. The number of hydrogen-bond acceptors (Lipinski definition) is 6. The molecule has 2 unspecified atom stereocenters. The Kier molecular flexibility index (Phi) is 8.97. The van der Waals surface area contributed by atoms with Crippen molar-refractivity contribution in [3.05, 3.63) is 39.5 Å². The predicted octanol–water partition coefficient (Wildman–Crippen LogP) is 8.33. The van der Waals surface area contributed by atoms with Crippen molar-refractivity contribution in [1.29, 1.82) is 5.26 Å². The standard InChI is InChI=1S/C26H35BrF3N5OSi/c1-16-14-32-24(35-23(16)34-21-10-8-7-9-17(21)13-31)33-19-11-18(15-36-37(5,6)25(2,3)4)22(27)20(12-19)26(28,29)30/h11-12,14,17,21H,7-10,15H2,1-6H3,(H2,32,33,34,35). The fourth-order valence-corrected chi connectivity index (χ4v) is 5.47. The number of alkyl halides is 3. The van der Waals surface area contributed by atoms with Gasteiger partial charge in [0.05, 0.1) is 24.2 Å². The van der Waals surface area contributed by atoms with Crippen molar-refractivity contribution in [2.24, 2.45) is 5.92 Å². The number of rotatable bonds is 7. The lowest BCUT2D eigenvalue weighted by Crippen LogP contribution is -2.40. The van der Waals surface area contributed by atoms with E-state index in [0.717, 1.165) is 37.3 Å². The van der Waals surface area contributed by atoms with Crippen molar-refractivity contribution in [3.63, 3.8) is 0 Å². The molecule has 0 bridgehead atoms. The minimum absolute atomic E-state index is 0.0243. The highest BCUT2D eigenvalue weighted by atomic mass is 79.9. The van der Waals surface area contributed by atoms with E-state index in [-0.39, 0.29) is 39.7 Å². The number of nitrogens with one attached hydrogen (secondary N) is 2. The van der Waals surface area contributed by atoms with Crippen LogP contribution in [0.15, 0.2) is 22.8 Å². The van der Waals surface area contributed by atoms with Gasteiger partial charge < -0.3 is 15.1 Å². The Morgan fingerprint density at radius 1 is 1.19 bits per heavy atom. The average Bonchev–Trinajstić information content (AvgIpc) is 2.80. The SMILES string of the molecule is Cc1cnc(Nc2cc(CO[Si](C)(C)C(C)(C)C)c(Br)c(C(F)(F)F)c2)nc1NC1CCCCC1C#N. The van der Waals surface area contributed by atoms with E-state index in [9.17, 15) is 18.4 Å². The zero-order valence-corrected chi connectivity index (χ0v) is 24.8. The van der Waals surface area contributed by atoms with Crippen LogP contribution >= 0.6 is 15.9 Å². The van der Waals surface area contributed by atoms with Crippen molar-refractivity contribution < 1.29 is 17.6 Å². The van der Waals surface area contributed by atoms with Crippen LogP contribution in [-0.2, 0) is 17.2 Å². The number of nitrogens with zero attached hydrogens (tertiary/aromatic N) is 3. The highest BCUT2D eigenvalue weighted by molar-refractivity contribution is 9.10. The Balaban J connectivity index is 1.90. The van der Waals surface area contributed by atoms with Crippen LogP contribution in [0.1, 0.15) is 63.1 Å². The maximum absolute atomic E-state index is 13.9. The third-order valence-electron chi connectivity index (χ3n) is 7.33. The first kappa shape index (κ1) is 29.4. The van der Waals surface area contributed by atoms with Crippen LogP contribution in [-0.4, -0.2) is 24.3 Å². The van der Waals surface area contributed by atoms with Crippen molar-refractivity contribution in [1.82, 2.24) is 9.97 Å². The van der Waals surface area contributed by atoms with Gasteiger partial charge in [-0.15, -0.1) is 0 Å². The number of aromatic nitrogens is 2. The van der Waals surface area contributed by atoms with Crippen molar-refractivity contribution in [3.8, 4) is 6.07 Å². The van der Waals surface area contributed by atoms with Crippen molar-refractivity contribution in [2.45, 2.75) is 90.3 Å². The maximum atomic E-state index is 13.9. The summed E-state index contributed by atoms with van der Waals surface area (Å²) in [5.41, 5.74) is 0.609. The molecule has 0 aliphatic heterocycles. The van der Waals surface area contributed by atoms with Gasteiger partial charge in [0.2, 0.25) is 5.95 Å². The van der Waals surface area contributed by atoms with Crippen LogP contribution in [0, 0.1) is 24.2 Å². The molecule has 11 heteroatoms. The van der Waals surface area contributed by atoms with Crippen LogP contribution in [0.2, 0.25) is 18.1 Å². The Hall–Kier alpha value is -2.16. The van der Waals surface area contributed by atoms with Gasteiger partial charge in [0.15, 0.2) is 8.32 Å². The third-order valence-corrected chi connectivity index (χ3v) is 12.7. The second kappa shape index (κ2) is 11.3. The number of aryl methyl sites for hydroxylation is 1. The summed E-state index contributed by atoms with van der Waals surface area (Å²) in [4.78, 5) is 8.82. The topological polar surface area (TPSA) is 82.9 Å². The van der Waals surface area contributed by atoms with E-state index < -0.39 is 20.1 Å². The number of anilines is 3. The molecule has 0 saturated heterocycles. The van der Waals surface area contributed by atoms with E-state index in [2.05, 4.69) is 76.5 Å². The molecule has 3 rings (SSSR count). The van der Waals surface area contributed by atoms with Gasteiger partial charge in [-0.3, -0.25) is 0 Å². The van der Waals surface area contributed by atoms with Crippen LogP contribution in [0.4, 0.5) is 30.6 Å². The molecule has 1 aromatic carbocycles. The first-order valence-electron chi connectivity index (χ1n) is 12.4. The quantitative estimate of drug-likeness (QED) is 0.312. The van der Waals surface area contributed by atoms with Gasteiger partial charge in [-0.05, 0) is 71.5 Å². The van der Waals surface area contributed by atoms with Crippen LogP contribution < -0.4 is 10.6 Å². The fraction of sp³-hybridized carbons (Fsp3) is 0.577. The van der Waals surface area contributed by atoms with E-state index in [4.69, 9.17) is 4.43 Å². The summed E-state index contributed by atoms with van der Waals surface area (Å²) in [6, 6.07) is 5.03. The molecule has 2 N–H and O–H groups in total. The predicted molar refractivity (Wildman–Crippen MR) is 146 cm³/mol. The molecule has 2 atom stereocenters. The van der Waals surface area contributed by atoms with Crippen LogP contribution in [0.25, 0.3) is 0 Å². The van der Waals surface area contributed by atoms with E-state index in [1.165, 1.54) is 0 Å². The molecule has 0 amide bonds.